The van der Waals surface area contributed by atoms with Crippen LogP contribution in [0.15, 0.2) is 48.5 Å². The largest absolute Gasteiger partial charge is 0.351 e. The van der Waals surface area contributed by atoms with Crippen molar-refractivity contribution < 1.29 is 14.0 Å². The summed E-state index contributed by atoms with van der Waals surface area (Å²) in [5.41, 5.74) is 1.55. The molecule has 0 radical (unpaired) electrons. The Hall–Kier alpha value is -2.69. The van der Waals surface area contributed by atoms with E-state index in [-0.39, 0.29) is 17.4 Å². The van der Waals surface area contributed by atoms with Gasteiger partial charge in [-0.25, -0.2) is 4.39 Å². The lowest BCUT2D eigenvalue weighted by Crippen LogP contribution is -2.40. The second-order valence-electron chi connectivity index (χ2n) is 5.18. The quantitative estimate of drug-likeness (QED) is 0.911. The number of carbonyl (C=O) groups is 2. The van der Waals surface area contributed by atoms with Crippen LogP contribution in [0.2, 0.25) is 0 Å². The van der Waals surface area contributed by atoms with E-state index in [0.717, 1.165) is 5.56 Å². The highest BCUT2D eigenvalue weighted by molar-refractivity contribution is 5.97. The molecule has 4 nitrogen and oxygen atoms in total. The van der Waals surface area contributed by atoms with Crippen molar-refractivity contribution in [3.8, 4) is 0 Å². The summed E-state index contributed by atoms with van der Waals surface area (Å²) in [5.74, 6) is -1.12. The number of halogens is 1. The van der Waals surface area contributed by atoms with Gasteiger partial charge in [0.2, 0.25) is 0 Å². The van der Waals surface area contributed by atoms with Crippen molar-refractivity contribution in [1.82, 2.24) is 10.6 Å². The molecule has 1 atom stereocenters. The Labute approximate surface area is 127 Å². The highest BCUT2D eigenvalue weighted by Gasteiger charge is 2.25. The second-order valence-corrected chi connectivity index (χ2v) is 5.18. The number of carbonyl (C=O) groups excluding carboxylic acids is 2. The van der Waals surface area contributed by atoms with Crippen LogP contribution < -0.4 is 10.6 Å². The molecule has 1 aliphatic rings. The van der Waals surface area contributed by atoms with Crippen molar-refractivity contribution in [2.24, 2.45) is 0 Å². The van der Waals surface area contributed by atoms with Crippen LogP contribution in [0.3, 0.4) is 0 Å². The van der Waals surface area contributed by atoms with Gasteiger partial charge in [0.05, 0.1) is 5.56 Å². The molecule has 22 heavy (non-hydrogen) atoms. The first-order valence-electron chi connectivity index (χ1n) is 7.06. The molecule has 3 rings (SSSR count). The van der Waals surface area contributed by atoms with Crippen LogP contribution in [0, 0.1) is 5.82 Å². The second kappa shape index (κ2) is 5.97. The fraction of sp³-hybridized carbons (Fsp3) is 0.176. The Morgan fingerprint density at radius 1 is 1.18 bits per heavy atom. The van der Waals surface area contributed by atoms with Gasteiger partial charge in [-0.1, -0.05) is 30.3 Å². The summed E-state index contributed by atoms with van der Waals surface area (Å²) < 4.78 is 13.6. The monoisotopic (exact) mass is 298 g/mol. The van der Waals surface area contributed by atoms with Crippen molar-refractivity contribution in [2.45, 2.75) is 5.92 Å². The predicted octanol–water partition coefficient (Wildman–Crippen LogP) is 2.08. The molecule has 2 N–H and O–H groups in total. The average molecular weight is 298 g/mol. The first-order valence-corrected chi connectivity index (χ1v) is 7.06. The topological polar surface area (TPSA) is 58.2 Å². The number of hydrogen-bond donors (Lipinski definition) is 2. The van der Waals surface area contributed by atoms with Gasteiger partial charge in [-0.3, -0.25) is 9.59 Å². The molecule has 0 spiro atoms. The van der Waals surface area contributed by atoms with Crippen LogP contribution in [0.25, 0.3) is 0 Å². The molecule has 5 heteroatoms. The molecule has 0 aromatic heterocycles. The maximum absolute atomic E-state index is 13.6. The van der Waals surface area contributed by atoms with E-state index < -0.39 is 11.7 Å². The maximum Gasteiger partial charge on any atom is 0.254 e. The van der Waals surface area contributed by atoms with Gasteiger partial charge >= 0.3 is 0 Å². The molecule has 1 heterocycles. The normalized spacial score (nSPS) is 16.6. The minimum Gasteiger partial charge on any atom is -0.351 e. The molecular weight excluding hydrogens is 283 g/mol. The molecule has 112 valence electrons. The molecule has 0 fully saturated rings. The zero-order chi connectivity index (χ0) is 15.5. The predicted molar refractivity (Wildman–Crippen MR) is 80.2 cm³/mol. The Morgan fingerprint density at radius 2 is 1.91 bits per heavy atom. The minimum atomic E-state index is -0.544. The van der Waals surface area contributed by atoms with Gasteiger partial charge in [0.1, 0.15) is 5.82 Å². The highest BCUT2D eigenvalue weighted by Crippen LogP contribution is 2.23. The van der Waals surface area contributed by atoms with E-state index in [1.54, 1.807) is 24.3 Å². The molecule has 1 aliphatic heterocycles. The van der Waals surface area contributed by atoms with Crippen molar-refractivity contribution >= 4 is 11.8 Å². The van der Waals surface area contributed by atoms with Gasteiger partial charge in [-0.05, 0) is 23.8 Å². The van der Waals surface area contributed by atoms with Gasteiger partial charge in [-0.15, -0.1) is 0 Å². The molecule has 2 aromatic carbocycles. The summed E-state index contributed by atoms with van der Waals surface area (Å²) >= 11 is 0. The SMILES string of the molecule is O=C(NCC1CNC(=O)c2ccccc21)c1ccccc1F. The summed E-state index contributed by atoms with van der Waals surface area (Å²) in [7, 11) is 0. The van der Waals surface area contributed by atoms with Crippen LogP contribution in [-0.4, -0.2) is 24.9 Å². The third-order valence-corrected chi connectivity index (χ3v) is 3.78. The average Bonchev–Trinajstić information content (AvgIpc) is 2.55. The smallest absolute Gasteiger partial charge is 0.254 e. The van der Waals surface area contributed by atoms with E-state index in [1.807, 2.05) is 12.1 Å². The zero-order valence-electron chi connectivity index (χ0n) is 11.8. The van der Waals surface area contributed by atoms with Crippen molar-refractivity contribution in [1.29, 1.82) is 0 Å². The number of rotatable bonds is 3. The van der Waals surface area contributed by atoms with E-state index in [4.69, 9.17) is 0 Å². The molecule has 0 saturated heterocycles. The Morgan fingerprint density at radius 3 is 2.73 bits per heavy atom. The van der Waals surface area contributed by atoms with Crippen LogP contribution in [0.4, 0.5) is 4.39 Å². The third-order valence-electron chi connectivity index (χ3n) is 3.78. The van der Waals surface area contributed by atoms with Crippen molar-refractivity contribution in [2.75, 3.05) is 13.1 Å². The number of amides is 2. The fourth-order valence-corrected chi connectivity index (χ4v) is 2.62. The molecule has 1 unspecified atom stereocenters. The molecule has 2 amide bonds. The molecule has 2 aromatic rings. The standard InChI is InChI=1S/C17H15FN2O2/c18-15-8-4-3-7-14(15)17(22)20-10-11-9-19-16(21)13-6-2-1-5-12(11)13/h1-8,11H,9-10H2,(H,19,21)(H,20,22). The van der Waals surface area contributed by atoms with Crippen molar-refractivity contribution in [3.05, 3.63) is 71.0 Å². The highest BCUT2D eigenvalue weighted by atomic mass is 19.1. The lowest BCUT2D eigenvalue weighted by atomic mass is 9.90. The Balaban J connectivity index is 1.73. The van der Waals surface area contributed by atoms with Gasteiger partial charge in [0.25, 0.3) is 11.8 Å². The van der Waals surface area contributed by atoms with Crippen molar-refractivity contribution in [3.63, 3.8) is 0 Å². The minimum absolute atomic E-state index is 0.0235. The lowest BCUT2D eigenvalue weighted by molar-refractivity contribution is 0.0935. The summed E-state index contributed by atoms with van der Waals surface area (Å²) in [6, 6.07) is 13.2. The van der Waals surface area contributed by atoms with Crippen LogP contribution >= 0.6 is 0 Å². The number of nitrogens with one attached hydrogen (secondary N) is 2. The van der Waals surface area contributed by atoms with E-state index in [1.165, 1.54) is 12.1 Å². The van der Waals surface area contributed by atoms with E-state index in [2.05, 4.69) is 10.6 Å². The lowest BCUT2D eigenvalue weighted by Gasteiger charge is -2.25. The summed E-state index contributed by atoms with van der Waals surface area (Å²) in [4.78, 5) is 23.8. The Bertz CT molecular complexity index is 730. The first-order chi connectivity index (χ1) is 10.7. The summed E-state index contributed by atoms with van der Waals surface area (Å²) in [6.07, 6.45) is 0. The number of fused-ring (bicyclic) bond motifs is 1. The van der Waals surface area contributed by atoms with Gasteiger partial charge in [0, 0.05) is 24.6 Å². The Kier molecular flexibility index (Phi) is 3.87. The van der Waals surface area contributed by atoms with Gasteiger partial charge < -0.3 is 10.6 Å². The first kappa shape index (κ1) is 14.3. The van der Waals surface area contributed by atoms with E-state index in [9.17, 15) is 14.0 Å². The summed E-state index contributed by atoms with van der Waals surface area (Å²) in [6.45, 7) is 0.790. The molecule has 0 bridgehead atoms. The summed E-state index contributed by atoms with van der Waals surface area (Å²) in [5, 5.41) is 5.53. The molecule has 0 aliphatic carbocycles. The third kappa shape index (κ3) is 2.70. The van der Waals surface area contributed by atoms with Crippen LogP contribution in [-0.2, 0) is 0 Å². The van der Waals surface area contributed by atoms with E-state index >= 15 is 0 Å². The van der Waals surface area contributed by atoms with Gasteiger partial charge in [-0.2, -0.15) is 0 Å². The maximum atomic E-state index is 13.6. The molecular formula is C17H15FN2O2. The van der Waals surface area contributed by atoms with E-state index in [0.29, 0.717) is 18.7 Å². The molecule has 0 saturated carbocycles. The van der Waals surface area contributed by atoms with Gasteiger partial charge in [0.15, 0.2) is 0 Å². The van der Waals surface area contributed by atoms with Crippen LogP contribution in [0.1, 0.15) is 32.2 Å². The fourth-order valence-electron chi connectivity index (χ4n) is 2.62. The number of hydrogen-bond acceptors (Lipinski definition) is 2. The number of benzene rings is 2. The van der Waals surface area contributed by atoms with Crippen LogP contribution in [0.5, 0.6) is 0 Å². The zero-order valence-corrected chi connectivity index (χ0v) is 11.8.